The van der Waals surface area contributed by atoms with E-state index in [0.717, 1.165) is 28.8 Å². The molecule has 0 spiro atoms. The Balaban J connectivity index is 2.09. The van der Waals surface area contributed by atoms with E-state index in [1.807, 2.05) is 6.07 Å². The van der Waals surface area contributed by atoms with Crippen LogP contribution in [-0.2, 0) is 4.74 Å². The number of carbonyl (C=O) groups excluding carboxylic acids is 1. The lowest BCUT2D eigenvalue weighted by Crippen LogP contribution is -2.26. The molecule has 2 aromatic carbocycles. The molecule has 0 saturated carbocycles. The first kappa shape index (κ1) is 22.6. The molecule has 0 fully saturated rings. The summed E-state index contributed by atoms with van der Waals surface area (Å²) in [6.07, 6.45) is -2.50. The summed E-state index contributed by atoms with van der Waals surface area (Å²) in [4.78, 5) is 13.2. The summed E-state index contributed by atoms with van der Waals surface area (Å²) < 4.78 is 50.6. The molecule has 162 valence electrons. The fourth-order valence-electron chi connectivity index (χ4n) is 3.08. The van der Waals surface area contributed by atoms with E-state index >= 15 is 0 Å². The molecule has 0 amide bonds. The molecule has 1 heterocycles. The molecule has 0 bridgehead atoms. The summed E-state index contributed by atoms with van der Waals surface area (Å²) in [6, 6.07) is 9.01. The predicted octanol–water partition coefficient (Wildman–Crippen LogP) is 6.80. The minimum absolute atomic E-state index is 0.149. The summed E-state index contributed by atoms with van der Waals surface area (Å²) in [6.45, 7) is 6.72. The number of rotatable bonds is 4. The number of halogens is 3. The van der Waals surface area contributed by atoms with Gasteiger partial charge < -0.3 is 9.46 Å². The fourth-order valence-corrected chi connectivity index (χ4v) is 3.83. The number of hydrogen-bond donors (Lipinski definition) is 1. The second-order valence-corrected chi connectivity index (χ2v) is 8.76. The number of aromatic nitrogens is 1. The Hall–Kier alpha value is -3.12. The average molecular weight is 447 g/mol. The van der Waals surface area contributed by atoms with Gasteiger partial charge in [-0.05, 0) is 69.5 Å². The van der Waals surface area contributed by atoms with Gasteiger partial charge in [-0.3, -0.25) is 0 Å². The Morgan fingerprint density at radius 2 is 1.97 bits per heavy atom. The number of nitrogens with zero attached hydrogens (tertiary/aromatic N) is 2. The largest absolute Gasteiger partial charge is 0.443 e. The zero-order chi connectivity index (χ0) is 22.9. The molecule has 0 aliphatic carbocycles. The highest BCUT2D eigenvalue weighted by Gasteiger charge is 2.26. The van der Waals surface area contributed by atoms with E-state index < -0.39 is 23.9 Å². The average Bonchev–Trinajstić information content (AvgIpc) is 3.08. The molecule has 1 aromatic heterocycles. The van der Waals surface area contributed by atoms with Crippen LogP contribution in [0.15, 0.2) is 41.4 Å². The Labute approximate surface area is 181 Å². The van der Waals surface area contributed by atoms with Gasteiger partial charge in [0.25, 0.3) is 6.43 Å². The van der Waals surface area contributed by atoms with Gasteiger partial charge in [-0.1, -0.05) is 6.07 Å². The third-order valence-corrected chi connectivity index (χ3v) is 5.08. The number of aryl methyl sites for hydroxylation is 1. The number of fused-ring (bicyclic) bond motifs is 1. The van der Waals surface area contributed by atoms with Gasteiger partial charge in [-0.2, -0.15) is 5.26 Å². The van der Waals surface area contributed by atoms with E-state index in [-0.39, 0.29) is 22.0 Å². The number of alkyl halides is 2. The van der Waals surface area contributed by atoms with E-state index in [2.05, 4.69) is 4.72 Å². The summed E-state index contributed by atoms with van der Waals surface area (Å²) in [5.41, 5.74) is 0.209. The van der Waals surface area contributed by atoms with Crippen molar-refractivity contribution >= 4 is 34.6 Å². The zero-order valence-corrected chi connectivity index (χ0v) is 18.1. The maximum Gasteiger partial charge on any atom is 0.419 e. The van der Waals surface area contributed by atoms with Crippen molar-refractivity contribution < 1.29 is 22.7 Å². The summed E-state index contributed by atoms with van der Waals surface area (Å²) in [5.74, 6) is -0.575. The Morgan fingerprint density at radius 3 is 2.58 bits per heavy atom. The standard InChI is InChI=1S/C22H20F3N3O2S/c1-12-5-6-17(27-31-15-8-13(10-26)7-14(23)9-15)19-18(12)16(20(24)25)11-28(19)21(29)30-22(2,3)4/h5-9,11,20,27H,1-4H3. The topological polar surface area (TPSA) is 67.0 Å². The van der Waals surface area contributed by atoms with E-state index in [4.69, 9.17) is 10.00 Å². The Kier molecular flexibility index (Phi) is 6.23. The molecule has 0 radical (unpaired) electrons. The maximum absolute atomic E-state index is 13.7. The lowest BCUT2D eigenvalue weighted by molar-refractivity contribution is 0.0543. The van der Waals surface area contributed by atoms with Crippen molar-refractivity contribution in [3.05, 3.63) is 59.0 Å². The zero-order valence-electron chi connectivity index (χ0n) is 17.3. The van der Waals surface area contributed by atoms with Gasteiger partial charge >= 0.3 is 6.09 Å². The van der Waals surface area contributed by atoms with Crippen molar-refractivity contribution in [3.63, 3.8) is 0 Å². The van der Waals surface area contributed by atoms with Crippen molar-refractivity contribution in [3.8, 4) is 6.07 Å². The molecule has 5 nitrogen and oxygen atoms in total. The molecule has 0 unspecified atom stereocenters. The SMILES string of the molecule is Cc1ccc(NSc2cc(F)cc(C#N)c2)c2c1c(C(F)F)cn2C(=O)OC(C)(C)C. The van der Waals surface area contributed by atoms with Gasteiger partial charge in [-0.15, -0.1) is 0 Å². The van der Waals surface area contributed by atoms with Crippen LogP contribution in [0.3, 0.4) is 0 Å². The van der Waals surface area contributed by atoms with Gasteiger partial charge in [0.15, 0.2) is 0 Å². The minimum Gasteiger partial charge on any atom is -0.443 e. The number of nitrogens with one attached hydrogen (secondary N) is 1. The molecule has 0 aliphatic heterocycles. The predicted molar refractivity (Wildman–Crippen MR) is 114 cm³/mol. The van der Waals surface area contributed by atoms with Crippen LogP contribution in [-0.4, -0.2) is 16.3 Å². The number of benzene rings is 2. The molecule has 0 aliphatic rings. The van der Waals surface area contributed by atoms with Gasteiger partial charge in [-0.25, -0.2) is 22.5 Å². The number of hydrogen-bond acceptors (Lipinski definition) is 5. The summed E-state index contributed by atoms with van der Waals surface area (Å²) in [7, 11) is 0. The van der Waals surface area contributed by atoms with Crippen LogP contribution in [0.25, 0.3) is 10.9 Å². The molecule has 9 heteroatoms. The molecule has 1 N–H and O–H groups in total. The molecule has 31 heavy (non-hydrogen) atoms. The highest BCUT2D eigenvalue weighted by atomic mass is 32.2. The van der Waals surface area contributed by atoms with Crippen LogP contribution in [0, 0.1) is 24.1 Å². The van der Waals surface area contributed by atoms with Gasteiger partial charge in [0, 0.05) is 22.0 Å². The number of carbonyl (C=O) groups is 1. The minimum atomic E-state index is -2.80. The third kappa shape index (κ3) is 4.97. The normalized spacial score (nSPS) is 11.6. The van der Waals surface area contributed by atoms with Crippen LogP contribution in [0.4, 0.5) is 23.7 Å². The van der Waals surface area contributed by atoms with E-state index in [1.54, 1.807) is 39.8 Å². The summed E-state index contributed by atoms with van der Waals surface area (Å²) >= 11 is 0.995. The van der Waals surface area contributed by atoms with Crippen LogP contribution in [0.5, 0.6) is 0 Å². The molecule has 0 saturated heterocycles. The van der Waals surface area contributed by atoms with Gasteiger partial charge in [0.05, 0.1) is 22.8 Å². The number of anilines is 1. The lowest BCUT2D eigenvalue weighted by Gasteiger charge is -2.20. The second kappa shape index (κ2) is 8.55. The monoisotopic (exact) mass is 447 g/mol. The van der Waals surface area contributed by atoms with Crippen LogP contribution < -0.4 is 4.72 Å². The van der Waals surface area contributed by atoms with Crippen molar-refractivity contribution in [2.75, 3.05) is 4.72 Å². The maximum atomic E-state index is 13.7. The van der Waals surface area contributed by atoms with Crippen LogP contribution in [0.2, 0.25) is 0 Å². The Morgan fingerprint density at radius 1 is 1.26 bits per heavy atom. The van der Waals surface area contributed by atoms with E-state index in [0.29, 0.717) is 16.1 Å². The quantitative estimate of drug-likeness (QED) is 0.446. The van der Waals surface area contributed by atoms with Crippen LogP contribution >= 0.6 is 11.9 Å². The third-order valence-electron chi connectivity index (χ3n) is 4.29. The first-order valence-electron chi connectivity index (χ1n) is 9.30. The molecule has 3 aromatic rings. The first-order chi connectivity index (χ1) is 14.5. The highest BCUT2D eigenvalue weighted by molar-refractivity contribution is 8.00. The van der Waals surface area contributed by atoms with Crippen molar-refractivity contribution in [1.82, 2.24) is 4.57 Å². The van der Waals surface area contributed by atoms with Crippen LogP contribution in [0.1, 0.15) is 43.9 Å². The number of nitriles is 1. The van der Waals surface area contributed by atoms with Gasteiger partial charge in [0.1, 0.15) is 11.4 Å². The highest BCUT2D eigenvalue weighted by Crippen LogP contribution is 2.38. The number of ether oxygens (including phenoxy) is 1. The summed E-state index contributed by atoms with van der Waals surface area (Å²) in [5, 5.41) is 9.26. The van der Waals surface area contributed by atoms with Crippen molar-refractivity contribution in [2.24, 2.45) is 0 Å². The molecular weight excluding hydrogens is 427 g/mol. The van der Waals surface area contributed by atoms with Crippen molar-refractivity contribution in [2.45, 2.75) is 44.6 Å². The molecule has 0 atom stereocenters. The first-order valence-corrected chi connectivity index (χ1v) is 10.1. The smallest absolute Gasteiger partial charge is 0.419 e. The molecular formula is C22H20F3N3O2S. The fraction of sp³-hybridized carbons (Fsp3) is 0.273. The molecule has 3 rings (SSSR count). The van der Waals surface area contributed by atoms with E-state index in [9.17, 15) is 18.0 Å². The lowest BCUT2D eigenvalue weighted by atomic mass is 10.1. The van der Waals surface area contributed by atoms with Crippen molar-refractivity contribution in [1.29, 1.82) is 5.26 Å². The Bertz CT molecular complexity index is 1190. The second-order valence-electron chi connectivity index (χ2n) is 7.88. The van der Waals surface area contributed by atoms with Gasteiger partial charge in [0.2, 0.25) is 0 Å². The van der Waals surface area contributed by atoms with E-state index in [1.165, 1.54) is 12.1 Å².